The van der Waals surface area contributed by atoms with Crippen LogP contribution in [-0.4, -0.2) is 42.6 Å². The van der Waals surface area contributed by atoms with Gasteiger partial charge in [0.2, 0.25) is 5.91 Å². The van der Waals surface area contributed by atoms with Crippen LogP contribution in [-0.2, 0) is 9.53 Å². The van der Waals surface area contributed by atoms with Gasteiger partial charge in [0.05, 0.1) is 18.8 Å². The van der Waals surface area contributed by atoms with Crippen LogP contribution in [0.1, 0.15) is 26.2 Å². The lowest BCUT2D eigenvalue weighted by Crippen LogP contribution is -2.53. The highest BCUT2D eigenvalue weighted by Gasteiger charge is 2.39. The summed E-state index contributed by atoms with van der Waals surface area (Å²) < 4.78 is 5.67. The summed E-state index contributed by atoms with van der Waals surface area (Å²) in [6, 6.07) is 0.320. The van der Waals surface area contributed by atoms with E-state index in [-0.39, 0.29) is 17.9 Å². The molecule has 2 N–H and O–H groups in total. The smallest absolute Gasteiger partial charge is 0.227 e. The van der Waals surface area contributed by atoms with Gasteiger partial charge < -0.3 is 15.4 Å². The highest BCUT2D eigenvalue weighted by molar-refractivity contribution is 5.79. The van der Waals surface area contributed by atoms with Crippen molar-refractivity contribution in [3.63, 3.8) is 0 Å². The molecule has 1 aliphatic carbocycles. The Kier molecular flexibility index (Phi) is 3.26. The molecule has 4 heteroatoms. The molecule has 1 saturated carbocycles. The van der Waals surface area contributed by atoms with Gasteiger partial charge in [-0.25, -0.2) is 0 Å². The fourth-order valence-corrected chi connectivity index (χ4v) is 2.58. The fourth-order valence-electron chi connectivity index (χ4n) is 2.58. The monoisotopic (exact) mass is 212 g/mol. The molecule has 2 fully saturated rings. The molecule has 86 valence electrons. The Morgan fingerprint density at radius 3 is 3.13 bits per heavy atom. The first-order chi connectivity index (χ1) is 7.24. The van der Waals surface area contributed by atoms with E-state index in [1.165, 1.54) is 6.42 Å². The van der Waals surface area contributed by atoms with Crippen LogP contribution in [0.15, 0.2) is 0 Å². The SMILES string of the molecule is CC(CN)C(=O)N1CCOC2CCCC21. The predicted octanol–water partition coefficient (Wildman–Crippen LogP) is 0.361. The van der Waals surface area contributed by atoms with Crippen LogP contribution in [0.25, 0.3) is 0 Å². The first-order valence-corrected chi connectivity index (χ1v) is 5.86. The van der Waals surface area contributed by atoms with E-state index in [9.17, 15) is 4.79 Å². The van der Waals surface area contributed by atoms with Crippen molar-refractivity contribution in [3.05, 3.63) is 0 Å². The first-order valence-electron chi connectivity index (χ1n) is 5.86. The van der Waals surface area contributed by atoms with Crippen LogP contribution >= 0.6 is 0 Å². The molecule has 0 spiro atoms. The van der Waals surface area contributed by atoms with E-state index in [0.717, 1.165) is 19.4 Å². The van der Waals surface area contributed by atoms with Crippen LogP contribution in [0.2, 0.25) is 0 Å². The van der Waals surface area contributed by atoms with Gasteiger partial charge in [-0.1, -0.05) is 6.92 Å². The van der Waals surface area contributed by atoms with Gasteiger partial charge in [0, 0.05) is 19.0 Å². The van der Waals surface area contributed by atoms with Gasteiger partial charge >= 0.3 is 0 Å². The molecule has 4 nitrogen and oxygen atoms in total. The highest BCUT2D eigenvalue weighted by atomic mass is 16.5. The number of ether oxygens (including phenoxy) is 1. The summed E-state index contributed by atoms with van der Waals surface area (Å²) in [5.41, 5.74) is 5.54. The Hall–Kier alpha value is -0.610. The van der Waals surface area contributed by atoms with E-state index in [2.05, 4.69) is 0 Å². The van der Waals surface area contributed by atoms with Crippen LogP contribution in [0.5, 0.6) is 0 Å². The zero-order valence-corrected chi connectivity index (χ0v) is 9.32. The Labute approximate surface area is 90.8 Å². The zero-order chi connectivity index (χ0) is 10.8. The maximum atomic E-state index is 12.1. The number of fused-ring (bicyclic) bond motifs is 1. The molecule has 3 atom stereocenters. The van der Waals surface area contributed by atoms with Crippen LogP contribution in [0.3, 0.4) is 0 Å². The van der Waals surface area contributed by atoms with Gasteiger partial charge in [0.1, 0.15) is 0 Å². The zero-order valence-electron chi connectivity index (χ0n) is 9.32. The molecule has 0 aromatic rings. The van der Waals surface area contributed by atoms with Gasteiger partial charge in [-0.2, -0.15) is 0 Å². The van der Waals surface area contributed by atoms with Gasteiger partial charge in [-0.05, 0) is 19.3 Å². The number of hydrogen-bond acceptors (Lipinski definition) is 3. The Bertz CT molecular complexity index is 245. The fraction of sp³-hybridized carbons (Fsp3) is 0.909. The molecule has 0 aromatic carbocycles. The largest absolute Gasteiger partial charge is 0.374 e. The summed E-state index contributed by atoms with van der Waals surface area (Å²) in [5.74, 6) is 0.155. The molecule has 1 aliphatic heterocycles. The number of carbonyl (C=O) groups excluding carboxylic acids is 1. The van der Waals surface area contributed by atoms with E-state index >= 15 is 0 Å². The number of morpholine rings is 1. The average Bonchev–Trinajstić information content (AvgIpc) is 2.74. The summed E-state index contributed by atoms with van der Waals surface area (Å²) in [6.45, 7) is 3.77. The van der Waals surface area contributed by atoms with Gasteiger partial charge in [0.15, 0.2) is 0 Å². The second-order valence-corrected chi connectivity index (χ2v) is 4.58. The van der Waals surface area contributed by atoms with Crippen molar-refractivity contribution in [2.24, 2.45) is 11.7 Å². The summed E-state index contributed by atoms with van der Waals surface area (Å²) in [4.78, 5) is 14.1. The highest BCUT2D eigenvalue weighted by Crippen LogP contribution is 2.30. The number of nitrogens with zero attached hydrogens (tertiary/aromatic N) is 1. The Morgan fingerprint density at radius 2 is 2.40 bits per heavy atom. The normalized spacial score (nSPS) is 32.5. The predicted molar refractivity (Wildman–Crippen MR) is 57.3 cm³/mol. The Balaban J connectivity index is 2.04. The molecule has 3 unspecified atom stereocenters. The molecule has 15 heavy (non-hydrogen) atoms. The summed E-state index contributed by atoms with van der Waals surface area (Å²) in [6.07, 6.45) is 3.66. The van der Waals surface area contributed by atoms with Crippen molar-refractivity contribution in [1.82, 2.24) is 4.90 Å². The molecule has 1 heterocycles. The number of rotatable bonds is 2. The quantitative estimate of drug-likeness (QED) is 0.719. The second kappa shape index (κ2) is 4.49. The summed E-state index contributed by atoms with van der Waals surface area (Å²) >= 11 is 0. The molecule has 2 rings (SSSR count). The number of amides is 1. The summed E-state index contributed by atoms with van der Waals surface area (Å²) in [7, 11) is 0. The van der Waals surface area contributed by atoms with Gasteiger partial charge in [-0.15, -0.1) is 0 Å². The van der Waals surface area contributed by atoms with E-state index in [1.807, 2.05) is 11.8 Å². The average molecular weight is 212 g/mol. The number of carbonyl (C=O) groups is 1. The van der Waals surface area contributed by atoms with Crippen molar-refractivity contribution < 1.29 is 9.53 Å². The third kappa shape index (κ3) is 2.01. The molecule has 0 radical (unpaired) electrons. The van der Waals surface area contributed by atoms with Crippen LogP contribution in [0, 0.1) is 5.92 Å². The molecule has 2 aliphatic rings. The molecule has 1 saturated heterocycles. The minimum Gasteiger partial charge on any atom is -0.374 e. The van der Waals surface area contributed by atoms with E-state index < -0.39 is 0 Å². The van der Waals surface area contributed by atoms with Crippen molar-refractivity contribution in [1.29, 1.82) is 0 Å². The Morgan fingerprint density at radius 1 is 1.60 bits per heavy atom. The van der Waals surface area contributed by atoms with Crippen molar-refractivity contribution >= 4 is 5.91 Å². The summed E-state index contributed by atoms with van der Waals surface area (Å²) in [5, 5.41) is 0. The van der Waals surface area contributed by atoms with Gasteiger partial charge in [0.25, 0.3) is 0 Å². The minimum atomic E-state index is -0.0515. The lowest BCUT2D eigenvalue weighted by Gasteiger charge is -2.38. The molecule has 0 aromatic heterocycles. The third-order valence-electron chi connectivity index (χ3n) is 3.54. The van der Waals surface area contributed by atoms with Gasteiger partial charge in [-0.3, -0.25) is 4.79 Å². The lowest BCUT2D eigenvalue weighted by molar-refractivity contribution is -0.147. The number of nitrogens with two attached hydrogens (primary N) is 1. The van der Waals surface area contributed by atoms with E-state index in [4.69, 9.17) is 10.5 Å². The van der Waals surface area contributed by atoms with Crippen LogP contribution in [0.4, 0.5) is 0 Å². The molecule has 1 amide bonds. The second-order valence-electron chi connectivity index (χ2n) is 4.58. The topological polar surface area (TPSA) is 55.6 Å². The molecular weight excluding hydrogens is 192 g/mol. The minimum absolute atomic E-state index is 0.0515. The first kappa shape index (κ1) is 10.9. The van der Waals surface area contributed by atoms with Crippen molar-refractivity contribution in [3.8, 4) is 0 Å². The third-order valence-corrected chi connectivity index (χ3v) is 3.54. The van der Waals surface area contributed by atoms with Crippen LogP contribution < -0.4 is 5.73 Å². The lowest BCUT2D eigenvalue weighted by atomic mass is 10.1. The maximum absolute atomic E-state index is 12.1. The molecular formula is C11H20N2O2. The molecule has 0 bridgehead atoms. The van der Waals surface area contributed by atoms with Crippen molar-refractivity contribution in [2.75, 3.05) is 19.7 Å². The maximum Gasteiger partial charge on any atom is 0.227 e. The van der Waals surface area contributed by atoms with Crippen molar-refractivity contribution in [2.45, 2.75) is 38.3 Å². The van der Waals surface area contributed by atoms with E-state index in [0.29, 0.717) is 19.2 Å². The number of hydrogen-bond donors (Lipinski definition) is 1. The van der Waals surface area contributed by atoms with E-state index in [1.54, 1.807) is 0 Å². The standard InChI is InChI=1S/C11H20N2O2/c1-8(7-12)11(14)13-5-6-15-10-4-2-3-9(10)13/h8-10H,2-7,12H2,1H3.